The van der Waals surface area contributed by atoms with Gasteiger partial charge in [0.05, 0.1) is 0 Å². The predicted molar refractivity (Wildman–Crippen MR) is 47.8 cm³/mol. The number of alkyl halides is 3. The van der Waals surface area contributed by atoms with Crippen molar-refractivity contribution in [2.45, 2.75) is 17.4 Å². The Morgan fingerprint density at radius 1 is 1.58 bits per heavy atom. The van der Waals surface area contributed by atoms with E-state index in [1.165, 1.54) is 6.07 Å². The third kappa shape index (κ3) is 1.67. The molecule has 1 atom stereocenters. The number of halogens is 3. The Kier molecular flexibility index (Phi) is 2.56. The van der Waals surface area contributed by atoms with Crippen molar-refractivity contribution in [3.8, 4) is 0 Å². The van der Waals surface area contributed by atoms with Crippen LogP contribution in [0.2, 0.25) is 0 Å². The van der Waals surface area contributed by atoms with E-state index in [4.69, 9.17) is 0 Å². The fourth-order valence-corrected chi connectivity index (χ4v) is 1.86. The van der Waals surface area contributed by atoms with Crippen LogP contribution in [0.15, 0.2) is 17.5 Å². The molecule has 1 aromatic heterocycles. The first-order chi connectivity index (χ1) is 5.36. The van der Waals surface area contributed by atoms with Gasteiger partial charge in [-0.2, -0.15) is 8.78 Å². The number of aliphatic hydroxyl groups is 1. The van der Waals surface area contributed by atoms with Crippen LogP contribution in [0.1, 0.15) is 11.8 Å². The lowest BCUT2D eigenvalue weighted by Gasteiger charge is -2.26. The van der Waals surface area contributed by atoms with Gasteiger partial charge in [-0.25, -0.2) is 0 Å². The third-order valence-corrected chi connectivity index (χ3v) is 3.41. The molecule has 1 aromatic rings. The molecule has 0 amide bonds. The van der Waals surface area contributed by atoms with Crippen molar-refractivity contribution in [2.24, 2.45) is 0 Å². The Morgan fingerprint density at radius 2 is 2.17 bits per heavy atom. The summed E-state index contributed by atoms with van der Waals surface area (Å²) in [7, 11) is 0. The van der Waals surface area contributed by atoms with Crippen LogP contribution >= 0.6 is 27.3 Å². The quantitative estimate of drug-likeness (QED) is 0.807. The van der Waals surface area contributed by atoms with Crippen LogP contribution < -0.4 is 0 Å². The van der Waals surface area contributed by atoms with Crippen molar-refractivity contribution in [1.29, 1.82) is 0 Å². The third-order valence-electron chi connectivity index (χ3n) is 1.55. The molecule has 0 aliphatic rings. The highest BCUT2D eigenvalue weighted by atomic mass is 79.9. The van der Waals surface area contributed by atoms with Gasteiger partial charge in [-0.3, -0.25) is 0 Å². The fraction of sp³-hybridized carbons (Fsp3) is 0.429. The minimum Gasteiger partial charge on any atom is -0.377 e. The topological polar surface area (TPSA) is 20.2 Å². The zero-order valence-electron chi connectivity index (χ0n) is 6.22. The van der Waals surface area contributed by atoms with Crippen molar-refractivity contribution < 1.29 is 13.9 Å². The van der Waals surface area contributed by atoms with Gasteiger partial charge in [-0.05, 0) is 34.3 Å². The number of hydrogen-bond donors (Lipinski definition) is 1. The lowest BCUT2D eigenvalue weighted by atomic mass is 10.1. The molecule has 1 rings (SSSR count). The Labute approximate surface area is 81.2 Å². The molecule has 0 aliphatic heterocycles. The van der Waals surface area contributed by atoms with Gasteiger partial charge in [0.15, 0.2) is 5.60 Å². The van der Waals surface area contributed by atoms with E-state index in [0.717, 1.165) is 18.3 Å². The molecule has 0 radical (unpaired) electrons. The van der Waals surface area contributed by atoms with Gasteiger partial charge in [-0.1, -0.05) is 6.07 Å². The minimum atomic E-state index is -3.30. The molecule has 1 N–H and O–H groups in total. The molecule has 0 aliphatic carbocycles. The highest BCUT2D eigenvalue weighted by molar-refractivity contribution is 9.10. The Hall–Kier alpha value is -0.000000000000000111. The standard InChI is InChI=1S/C7H7BrF2OS/c1-6(11,7(8,9)10)5-3-2-4-12-5/h2-4,11H,1H3. The summed E-state index contributed by atoms with van der Waals surface area (Å²) in [6.45, 7) is 1.08. The summed E-state index contributed by atoms with van der Waals surface area (Å²) in [5.74, 6) is 0. The normalized spacial score (nSPS) is 17.4. The Morgan fingerprint density at radius 3 is 2.50 bits per heavy atom. The van der Waals surface area contributed by atoms with Gasteiger partial charge in [0, 0.05) is 4.88 Å². The molecule has 1 unspecified atom stereocenters. The van der Waals surface area contributed by atoms with E-state index < -0.39 is 10.4 Å². The second-order valence-electron chi connectivity index (χ2n) is 2.55. The summed E-state index contributed by atoms with van der Waals surface area (Å²) in [5, 5.41) is 11.1. The van der Waals surface area contributed by atoms with Crippen molar-refractivity contribution in [1.82, 2.24) is 0 Å². The summed E-state index contributed by atoms with van der Waals surface area (Å²) in [6.07, 6.45) is 0. The van der Waals surface area contributed by atoms with E-state index in [1.54, 1.807) is 11.4 Å². The summed E-state index contributed by atoms with van der Waals surface area (Å²) in [6, 6.07) is 3.09. The van der Waals surface area contributed by atoms with Crippen LogP contribution in [-0.4, -0.2) is 9.94 Å². The van der Waals surface area contributed by atoms with E-state index in [1.807, 2.05) is 0 Å². The first-order valence-electron chi connectivity index (χ1n) is 3.19. The lowest BCUT2D eigenvalue weighted by molar-refractivity contribution is -0.106. The highest BCUT2D eigenvalue weighted by Gasteiger charge is 2.48. The van der Waals surface area contributed by atoms with Gasteiger partial charge in [0.2, 0.25) is 0 Å². The van der Waals surface area contributed by atoms with Crippen LogP contribution in [0.3, 0.4) is 0 Å². The van der Waals surface area contributed by atoms with Gasteiger partial charge >= 0.3 is 4.83 Å². The first kappa shape index (κ1) is 10.1. The Balaban J connectivity index is 3.02. The smallest absolute Gasteiger partial charge is 0.334 e. The van der Waals surface area contributed by atoms with Crippen LogP contribution in [0.5, 0.6) is 0 Å². The summed E-state index contributed by atoms with van der Waals surface area (Å²) < 4.78 is 25.5. The SMILES string of the molecule is CC(O)(c1cccs1)C(F)(F)Br. The molecule has 0 spiro atoms. The number of thiophene rings is 1. The molecule has 0 aromatic carbocycles. The molecule has 12 heavy (non-hydrogen) atoms. The van der Waals surface area contributed by atoms with E-state index in [0.29, 0.717) is 0 Å². The average molecular weight is 257 g/mol. The van der Waals surface area contributed by atoms with Gasteiger partial charge in [0.25, 0.3) is 0 Å². The Bertz CT molecular complexity index is 253. The van der Waals surface area contributed by atoms with E-state index in [9.17, 15) is 13.9 Å². The molecule has 0 saturated carbocycles. The molecular formula is C7H7BrF2OS. The maximum atomic E-state index is 12.7. The maximum Gasteiger partial charge on any atom is 0.334 e. The monoisotopic (exact) mass is 256 g/mol. The fourth-order valence-electron chi connectivity index (χ4n) is 0.695. The van der Waals surface area contributed by atoms with Gasteiger partial charge in [-0.15, -0.1) is 11.3 Å². The second kappa shape index (κ2) is 3.05. The largest absolute Gasteiger partial charge is 0.377 e. The van der Waals surface area contributed by atoms with Crippen LogP contribution in [0, 0.1) is 0 Å². The maximum absolute atomic E-state index is 12.7. The highest BCUT2D eigenvalue weighted by Crippen LogP contribution is 2.43. The molecule has 1 heterocycles. The van der Waals surface area contributed by atoms with Crippen LogP contribution in [-0.2, 0) is 5.60 Å². The number of hydrogen-bond acceptors (Lipinski definition) is 2. The lowest BCUT2D eigenvalue weighted by Crippen LogP contribution is -2.36. The molecule has 1 nitrogen and oxygen atoms in total. The van der Waals surface area contributed by atoms with Crippen molar-refractivity contribution in [2.75, 3.05) is 0 Å². The van der Waals surface area contributed by atoms with Gasteiger partial charge in [0.1, 0.15) is 0 Å². The number of rotatable bonds is 2. The second-order valence-corrected chi connectivity index (χ2v) is 4.49. The molecule has 68 valence electrons. The van der Waals surface area contributed by atoms with Crippen molar-refractivity contribution in [3.05, 3.63) is 22.4 Å². The van der Waals surface area contributed by atoms with Gasteiger partial charge < -0.3 is 5.11 Å². The van der Waals surface area contributed by atoms with Crippen LogP contribution in [0.4, 0.5) is 8.78 Å². The molecule has 0 bridgehead atoms. The minimum absolute atomic E-state index is 0.240. The average Bonchev–Trinajstić information content (AvgIpc) is 2.34. The van der Waals surface area contributed by atoms with Crippen molar-refractivity contribution in [3.63, 3.8) is 0 Å². The zero-order valence-corrected chi connectivity index (χ0v) is 8.62. The molecule has 5 heteroatoms. The van der Waals surface area contributed by atoms with Crippen LogP contribution in [0.25, 0.3) is 0 Å². The summed E-state index contributed by atoms with van der Waals surface area (Å²) in [4.78, 5) is -3.06. The molecule has 0 fully saturated rings. The summed E-state index contributed by atoms with van der Waals surface area (Å²) in [5.41, 5.74) is -2.14. The van der Waals surface area contributed by atoms with Crippen molar-refractivity contribution >= 4 is 27.3 Å². The first-order valence-corrected chi connectivity index (χ1v) is 4.86. The molecule has 0 saturated heterocycles. The van der Waals surface area contributed by atoms with E-state index in [-0.39, 0.29) is 4.88 Å². The predicted octanol–water partition coefficient (Wildman–Crippen LogP) is 2.94. The van der Waals surface area contributed by atoms with E-state index in [2.05, 4.69) is 15.9 Å². The zero-order chi connectivity index (χ0) is 9.41. The summed E-state index contributed by atoms with van der Waals surface area (Å²) >= 11 is 3.24. The molecular weight excluding hydrogens is 250 g/mol. The van der Waals surface area contributed by atoms with E-state index >= 15 is 0 Å².